The van der Waals surface area contributed by atoms with E-state index in [0.29, 0.717) is 15.5 Å². The minimum absolute atomic E-state index is 0.0201. The molecule has 0 saturated carbocycles. The van der Waals surface area contributed by atoms with Gasteiger partial charge in [0.2, 0.25) is 10.0 Å². The van der Waals surface area contributed by atoms with Crippen LogP contribution in [0.5, 0.6) is 11.5 Å². The number of ether oxygens (including phenoxy) is 1. The van der Waals surface area contributed by atoms with Crippen molar-refractivity contribution >= 4 is 43.9 Å². The van der Waals surface area contributed by atoms with Crippen molar-refractivity contribution in [3.63, 3.8) is 0 Å². The topological polar surface area (TPSA) is 72.6 Å². The van der Waals surface area contributed by atoms with E-state index in [-0.39, 0.29) is 10.6 Å². The molecular formula is C25H34N2O3S3. The quantitative estimate of drug-likeness (QED) is 0.262. The van der Waals surface area contributed by atoms with Crippen LogP contribution in [-0.4, -0.2) is 31.5 Å². The zero-order chi connectivity index (χ0) is 23.7. The van der Waals surface area contributed by atoms with Gasteiger partial charge in [0, 0.05) is 18.7 Å². The summed E-state index contributed by atoms with van der Waals surface area (Å²) in [5.41, 5.74) is 1.45. The highest BCUT2D eigenvalue weighted by atomic mass is 32.2. The standard InChI is InChI=1S/C25H34N2O3S3/c1-2-3-4-5-6-12-17-32-25(31)20-18-22(27-15-10-11-16-27)24(23(19-20)33(26,28)29)30-21-13-8-7-9-14-21/h7-9,13-14,18-19H,2-6,10-12,15-17H2,1H3,(H2,26,28,29). The van der Waals surface area contributed by atoms with Crippen molar-refractivity contribution in [3.8, 4) is 11.5 Å². The summed E-state index contributed by atoms with van der Waals surface area (Å²) < 4.78 is 32.0. The second-order valence-corrected chi connectivity index (χ2v) is 11.7. The molecule has 8 heteroatoms. The first kappa shape index (κ1) is 26.0. The average Bonchev–Trinajstić information content (AvgIpc) is 3.33. The Labute approximate surface area is 208 Å². The lowest BCUT2D eigenvalue weighted by atomic mass is 10.1. The third-order valence-corrected chi connectivity index (χ3v) is 8.21. The molecular weight excluding hydrogens is 472 g/mol. The number of benzene rings is 2. The number of rotatable bonds is 12. The Kier molecular flexibility index (Phi) is 10.0. The Balaban J connectivity index is 1.86. The van der Waals surface area contributed by atoms with E-state index in [9.17, 15) is 8.42 Å². The van der Waals surface area contributed by atoms with Crippen LogP contribution in [0, 0.1) is 0 Å². The van der Waals surface area contributed by atoms with Crippen molar-refractivity contribution in [2.24, 2.45) is 5.14 Å². The molecule has 0 bridgehead atoms. The average molecular weight is 507 g/mol. The molecule has 3 rings (SSSR count). The number of nitrogens with zero attached hydrogens (tertiary/aromatic N) is 1. The van der Waals surface area contributed by atoms with Gasteiger partial charge in [-0.1, -0.05) is 69.4 Å². The number of unbranched alkanes of at least 4 members (excludes halogenated alkanes) is 5. The number of hydrogen-bond donors (Lipinski definition) is 1. The summed E-state index contributed by atoms with van der Waals surface area (Å²) in [5.74, 6) is 1.77. The Morgan fingerprint density at radius 3 is 2.39 bits per heavy atom. The van der Waals surface area contributed by atoms with Gasteiger partial charge < -0.3 is 9.64 Å². The van der Waals surface area contributed by atoms with Crippen molar-refractivity contribution in [3.05, 3.63) is 48.0 Å². The fourth-order valence-electron chi connectivity index (χ4n) is 3.95. The van der Waals surface area contributed by atoms with Gasteiger partial charge in [-0.25, -0.2) is 13.6 Å². The van der Waals surface area contributed by atoms with E-state index in [1.54, 1.807) is 30.0 Å². The van der Waals surface area contributed by atoms with E-state index in [1.165, 1.54) is 32.1 Å². The zero-order valence-corrected chi connectivity index (χ0v) is 21.7. The predicted molar refractivity (Wildman–Crippen MR) is 143 cm³/mol. The molecule has 0 radical (unpaired) electrons. The molecule has 0 amide bonds. The van der Waals surface area contributed by atoms with Crippen LogP contribution in [-0.2, 0) is 10.0 Å². The number of thiocarbonyl (C=S) groups is 1. The molecule has 1 saturated heterocycles. The smallest absolute Gasteiger partial charge is 0.241 e. The van der Waals surface area contributed by atoms with Gasteiger partial charge in [0.05, 0.1) is 9.88 Å². The number of anilines is 1. The second kappa shape index (κ2) is 12.7. The SMILES string of the molecule is CCCCCCCCSC(=S)c1cc(N2CCCC2)c(Oc2ccccc2)c(S(N)(=O)=O)c1. The van der Waals surface area contributed by atoms with Crippen LogP contribution in [0.1, 0.15) is 63.9 Å². The van der Waals surface area contributed by atoms with Crippen LogP contribution in [0.4, 0.5) is 5.69 Å². The minimum Gasteiger partial charge on any atom is -0.454 e. The van der Waals surface area contributed by atoms with Crippen LogP contribution in [0.3, 0.4) is 0 Å². The van der Waals surface area contributed by atoms with Gasteiger partial charge in [-0.3, -0.25) is 0 Å². The molecule has 0 aromatic heterocycles. The summed E-state index contributed by atoms with van der Waals surface area (Å²) in [6.07, 6.45) is 9.47. The Morgan fingerprint density at radius 2 is 1.73 bits per heavy atom. The lowest BCUT2D eigenvalue weighted by Crippen LogP contribution is -2.21. The van der Waals surface area contributed by atoms with E-state index in [0.717, 1.165) is 43.8 Å². The molecule has 5 nitrogen and oxygen atoms in total. The lowest BCUT2D eigenvalue weighted by Gasteiger charge is -2.24. The van der Waals surface area contributed by atoms with E-state index in [4.69, 9.17) is 22.1 Å². The highest BCUT2D eigenvalue weighted by Gasteiger charge is 2.26. The van der Waals surface area contributed by atoms with Gasteiger partial charge in [0.15, 0.2) is 5.75 Å². The molecule has 1 aliphatic rings. The molecule has 1 aliphatic heterocycles. The molecule has 1 heterocycles. The summed E-state index contributed by atoms with van der Waals surface area (Å²) in [7, 11) is -4.02. The zero-order valence-electron chi connectivity index (χ0n) is 19.3. The number of primary sulfonamides is 1. The number of thioether (sulfide) groups is 1. The molecule has 2 N–H and O–H groups in total. The van der Waals surface area contributed by atoms with Gasteiger partial charge in [-0.15, -0.1) is 11.8 Å². The van der Waals surface area contributed by atoms with Crippen molar-refractivity contribution in [1.29, 1.82) is 0 Å². The summed E-state index contributed by atoms with van der Waals surface area (Å²) >= 11 is 7.31. The molecule has 0 atom stereocenters. The van der Waals surface area contributed by atoms with Gasteiger partial charge >= 0.3 is 0 Å². The van der Waals surface area contributed by atoms with Gasteiger partial charge in [-0.05, 0) is 49.3 Å². The summed E-state index contributed by atoms with van der Waals surface area (Å²) in [5, 5.41) is 5.65. The Hall–Kier alpha value is -1.61. The molecule has 2 aromatic rings. The summed E-state index contributed by atoms with van der Waals surface area (Å²) in [6, 6.07) is 12.7. The van der Waals surface area contributed by atoms with Crippen molar-refractivity contribution < 1.29 is 13.2 Å². The van der Waals surface area contributed by atoms with E-state index in [2.05, 4.69) is 11.8 Å². The summed E-state index contributed by atoms with van der Waals surface area (Å²) in [6.45, 7) is 3.91. The molecule has 0 unspecified atom stereocenters. The van der Waals surface area contributed by atoms with E-state index < -0.39 is 10.0 Å². The number of sulfonamides is 1. The highest BCUT2D eigenvalue weighted by molar-refractivity contribution is 8.23. The van der Waals surface area contributed by atoms with Crippen LogP contribution in [0.25, 0.3) is 0 Å². The van der Waals surface area contributed by atoms with Gasteiger partial charge in [0.1, 0.15) is 10.6 Å². The maximum atomic E-state index is 12.6. The van der Waals surface area contributed by atoms with Crippen LogP contribution >= 0.6 is 24.0 Å². The molecule has 33 heavy (non-hydrogen) atoms. The highest BCUT2D eigenvalue weighted by Crippen LogP contribution is 2.41. The monoisotopic (exact) mass is 506 g/mol. The van der Waals surface area contributed by atoms with Crippen LogP contribution < -0.4 is 14.8 Å². The largest absolute Gasteiger partial charge is 0.454 e. The fraction of sp³-hybridized carbons (Fsp3) is 0.480. The molecule has 2 aromatic carbocycles. The maximum Gasteiger partial charge on any atom is 0.241 e. The predicted octanol–water partition coefficient (Wildman–Crippen LogP) is 6.50. The van der Waals surface area contributed by atoms with Crippen molar-refractivity contribution in [1.82, 2.24) is 0 Å². The number of nitrogens with two attached hydrogens (primary N) is 1. The molecule has 1 fully saturated rings. The maximum absolute atomic E-state index is 12.6. The van der Waals surface area contributed by atoms with Gasteiger partial charge in [0.25, 0.3) is 0 Å². The van der Waals surface area contributed by atoms with Crippen LogP contribution in [0.15, 0.2) is 47.4 Å². The van der Waals surface area contributed by atoms with E-state index in [1.807, 2.05) is 24.3 Å². The Bertz CT molecular complexity index is 1020. The number of para-hydroxylation sites is 1. The lowest BCUT2D eigenvalue weighted by molar-refractivity contribution is 0.467. The van der Waals surface area contributed by atoms with Crippen LogP contribution in [0.2, 0.25) is 0 Å². The Morgan fingerprint density at radius 1 is 1.06 bits per heavy atom. The first-order valence-electron chi connectivity index (χ1n) is 11.8. The van der Waals surface area contributed by atoms with Crippen molar-refractivity contribution in [2.45, 2.75) is 63.2 Å². The molecule has 0 spiro atoms. The van der Waals surface area contributed by atoms with Crippen molar-refractivity contribution in [2.75, 3.05) is 23.7 Å². The first-order chi connectivity index (χ1) is 15.9. The first-order valence-corrected chi connectivity index (χ1v) is 14.7. The third-order valence-electron chi connectivity index (χ3n) is 5.72. The molecule has 180 valence electrons. The third kappa shape index (κ3) is 7.70. The fourth-order valence-corrected chi connectivity index (χ4v) is 5.83. The normalized spacial score (nSPS) is 13.9. The molecule has 0 aliphatic carbocycles. The van der Waals surface area contributed by atoms with Gasteiger partial charge in [-0.2, -0.15) is 0 Å². The minimum atomic E-state index is -4.02. The number of hydrogen-bond acceptors (Lipinski definition) is 6. The van der Waals surface area contributed by atoms with E-state index >= 15 is 0 Å². The summed E-state index contributed by atoms with van der Waals surface area (Å²) in [4.78, 5) is 2.14. The second-order valence-electron chi connectivity index (χ2n) is 8.38.